The summed E-state index contributed by atoms with van der Waals surface area (Å²) in [4.78, 5) is 19.3. The standard InChI is InChI=1S/C17H16N4O2S/c1-11-6-7-13(20-19-11)17(22)21-8-9-23-10-14(21)16-18-12-4-2-3-5-15(12)24-16/h2-7,14H,8-10H2,1H3. The van der Waals surface area contributed by atoms with E-state index in [1.54, 1.807) is 28.4 Å². The minimum Gasteiger partial charge on any atom is -0.377 e. The molecule has 122 valence electrons. The Labute approximate surface area is 143 Å². The van der Waals surface area contributed by atoms with Gasteiger partial charge < -0.3 is 9.64 Å². The quantitative estimate of drug-likeness (QED) is 0.717. The van der Waals surface area contributed by atoms with E-state index in [2.05, 4.69) is 15.2 Å². The lowest BCUT2D eigenvalue weighted by molar-refractivity contribution is -0.00307. The number of nitrogens with zero attached hydrogens (tertiary/aromatic N) is 4. The molecule has 3 heterocycles. The maximum Gasteiger partial charge on any atom is 0.275 e. The predicted octanol–water partition coefficient (Wildman–Crippen LogP) is 2.61. The van der Waals surface area contributed by atoms with Gasteiger partial charge in [0.25, 0.3) is 5.91 Å². The molecule has 0 aliphatic carbocycles. The summed E-state index contributed by atoms with van der Waals surface area (Å²) in [5, 5.41) is 8.90. The topological polar surface area (TPSA) is 68.2 Å². The highest BCUT2D eigenvalue weighted by molar-refractivity contribution is 7.18. The van der Waals surface area contributed by atoms with Gasteiger partial charge in [0.15, 0.2) is 5.69 Å². The second-order valence-corrected chi connectivity index (χ2v) is 6.73. The van der Waals surface area contributed by atoms with Crippen molar-refractivity contribution in [2.24, 2.45) is 0 Å². The Balaban J connectivity index is 1.67. The number of hydrogen-bond donors (Lipinski definition) is 0. The SMILES string of the molecule is Cc1ccc(C(=O)N2CCOCC2c2nc3ccccc3s2)nn1. The maximum atomic E-state index is 12.9. The molecule has 0 radical (unpaired) electrons. The molecule has 0 N–H and O–H groups in total. The average molecular weight is 340 g/mol. The van der Waals surface area contributed by atoms with Crippen LogP contribution in [0.4, 0.5) is 0 Å². The number of rotatable bonds is 2. The van der Waals surface area contributed by atoms with Crippen LogP contribution in [0.25, 0.3) is 10.2 Å². The monoisotopic (exact) mass is 340 g/mol. The van der Waals surface area contributed by atoms with Crippen LogP contribution in [0.15, 0.2) is 36.4 Å². The molecule has 1 fully saturated rings. The van der Waals surface area contributed by atoms with E-state index in [9.17, 15) is 4.79 Å². The Morgan fingerprint density at radius 1 is 1.25 bits per heavy atom. The van der Waals surface area contributed by atoms with E-state index in [1.165, 1.54) is 0 Å². The first kappa shape index (κ1) is 15.2. The van der Waals surface area contributed by atoms with Gasteiger partial charge in [0.2, 0.25) is 0 Å². The summed E-state index contributed by atoms with van der Waals surface area (Å²) in [5.74, 6) is -0.130. The van der Waals surface area contributed by atoms with Crippen molar-refractivity contribution < 1.29 is 9.53 Å². The fraction of sp³-hybridized carbons (Fsp3) is 0.294. The van der Waals surface area contributed by atoms with Crippen LogP contribution in [0.5, 0.6) is 0 Å². The molecule has 6 nitrogen and oxygen atoms in total. The number of morpholine rings is 1. The van der Waals surface area contributed by atoms with E-state index < -0.39 is 0 Å². The van der Waals surface area contributed by atoms with Crippen LogP contribution in [0.2, 0.25) is 0 Å². The van der Waals surface area contributed by atoms with Crippen LogP contribution in [0, 0.1) is 6.92 Å². The number of hydrogen-bond acceptors (Lipinski definition) is 6. The number of aromatic nitrogens is 3. The summed E-state index contributed by atoms with van der Waals surface area (Å²) in [6.07, 6.45) is 0. The zero-order valence-corrected chi connectivity index (χ0v) is 14.0. The second-order valence-electron chi connectivity index (χ2n) is 5.67. The summed E-state index contributed by atoms with van der Waals surface area (Å²) in [6, 6.07) is 11.3. The van der Waals surface area contributed by atoms with Crippen molar-refractivity contribution in [3.8, 4) is 0 Å². The number of carbonyl (C=O) groups excluding carboxylic acids is 1. The van der Waals surface area contributed by atoms with Gasteiger partial charge in [-0.2, -0.15) is 5.10 Å². The molecule has 1 aromatic carbocycles. The van der Waals surface area contributed by atoms with Crippen molar-refractivity contribution in [1.82, 2.24) is 20.1 Å². The molecule has 7 heteroatoms. The van der Waals surface area contributed by atoms with Crippen LogP contribution in [-0.4, -0.2) is 45.7 Å². The highest BCUT2D eigenvalue weighted by Crippen LogP contribution is 2.32. The molecule has 1 unspecified atom stereocenters. The summed E-state index contributed by atoms with van der Waals surface area (Å²) < 4.78 is 6.72. The fourth-order valence-corrected chi connectivity index (χ4v) is 3.81. The molecule has 1 aliphatic heterocycles. The molecule has 4 rings (SSSR count). The number of ether oxygens (including phenoxy) is 1. The van der Waals surface area contributed by atoms with Crippen LogP contribution in [-0.2, 0) is 4.74 Å². The molecule has 2 aromatic heterocycles. The molecule has 3 aromatic rings. The first-order valence-corrected chi connectivity index (χ1v) is 8.58. The normalized spacial score (nSPS) is 18.0. The number of amides is 1. The van der Waals surface area contributed by atoms with Crippen molar-refractivity contribution in [2.45, 2.75) is 13.0 Å². The lowest BCUT2D eigenvalue weighted by atomic mass is 10.2. The fourth-order valence-electron chi connectivity index (χ4n) is 2.74. The number of aryl methyl sites for hydroxylation is 1. The number of benzene rings is 1. The van der Waals surface area contributed by atoms with E-state index in [4.69, 9.17) is 4.74 Å². The highest BCUT2D eigenvalue weighted by atomic mass is 32.1. The number of fused-ring (bicyclic) bond motifs is 1. The zero-order valence-electron chi connectivity index (χ0n) is 13.2. The van der Waals surface area contributed by atoms with E-state index in [0.717, 1.165) is 20.9 Å². The first-order chi connectivity index (χ1) is 11.7. The van der Waals surface area contributed by atoms with Gasteiger partial charge in [-0.15, -0.1) is 16.4 Å². The van der Waals surface area contributed by atoms with Crippen LogP contribution in [0.1, 0.15) is 27.2 Å². The van der Waals surface area contributed by atoms with Crippen molar-refractivity contribution in [2.75, 3.05) is 19.8 Å². The third-order valence-electron chi connectivity index (χ3n) is 4.00. The number of para-hydroxylation sites is 1. The number of thiazole rings is 1. The summed E-state index contributed by atoms with van der Waals surface area (Å²) in [6.45, 7) is 3.34. The van der Waals surface area contributed by atoms with Crippen LogP contribution >= 0.6 is 11.3 Å². The van der Waals surface area contributed by atoms with Gasteiger partial charge in [-0.05, 0) is 31.2 Å². The largest absolute Gasteiger partial charge is 0.377 e. The predicted molar refractivity (Wildman–Crippen MR) is 91.0 cm³/mol. The highest BCUT2D eigenvalue weighted by Gasteiger charge is 2.32. The average Bonchev–Trinajstić information content (AvgIpc) is 3.06. The molecule has 1 saturated heterocycles. The summed E-state index contributed by atoms with van der Waals surface area (Å²) in [5.41, 5.74) is 2.09. The van der Waals surface area contributed by atoms with Crippen LogP contribution < -0.4 is 0 Å². The molecule has 0 spiro atoms. The van der Waals surface area contributed by atoms with E-state index >= 15 is 0 Å². The molecule has 0 saturated carbocycles. The molecular weight excluding hydrogens is 324 g/mol. The van der Waals surface area contributed by atoms with E-state index in [-0.39, 0.29) is 11.9 Å². The summed E-state index contributed by atoms with van der Waals surface area (Å²) in [7, 11) is 0. The molecule has 1 aliphatic rings. The Kier molecular flexibility index (Phi) is 3.95. The van der Waals surface area contributed by atoms with Gasteiger partial charge in [0.1, 0.15) is 11.0 Å². The van der Waals surface area contributed by atoms with E-state index in [0.29, 0.717) is 25.5 Å². The van der Waals surface area contributed by atoms with Crippen molar-refractivity contribution >= 4 is 27.5 Å². The van der Waals surface area contributed by atoms with E-state index in [1.807, 2.05) is 31.2 Å². The summed E-state index contributed by atoms with van der Waals surface area (Å²) >= 11 is 1.60. The first-order valence-electron chi connectivity index (χ1n) is 7.77. The molecule has 0 bridgehead atoms. The molecule has 1 amide bonds. The molecular formula is C17H16N4O2S. The van der Waals surface area contributed by atoms with Gasteiger partial charge in [-0.25, -0.2) is 4.98 Å². The van der Waals surface area contributed by atoms with Crippen molar-refractivity contribution in [1.29, 1.82) is 0 Å². The maximum absolute atomic E-state index is 12.9. The Morgan fingerprint density at radius 3 is 2.92 bits per heavy atom. The van der Waals surface area contributed by atoms with Gasteiger partial charge in [-0.3, -0.25) is 4.79 Å². The Bertz CT molecular complexity index is 845. The second kappa shape index (κ2) is 6.26. The third kappa shape index (κ3) is 2.76. The van der Waals surface area contributed by atoms with Gasteiger partial charge >= 0.3 is 0 Å². The van der Waals surface area contributed by atoms with Crippen molar-refractivity contribution in [3.05, 3.63) is 52.8 Å². The Morgan fingerprint density at radius 2 is 2.12 bits per heavy atom. The number of carbonyl (C=O) groups is 1. The smallest absolute Gasteiger partial charge is 0.275 e. The minimum absolute atomic E-state index is 0.130. The lowest BCUT2D eigenvalue weighted by Crippen LogP contribution is -2.43. The zero-order chi connectivity index (χ0) is 16.5. The van der Waals surface area contributed by atoms with Crippen LogP contribution in [0.3, 0.4) is 0 Å². The third-order valence-corrected chi connectivity index (χ3v) is 5.14. The Hall–Kier alpha value is -2.38. The van der Waals surface area contributed by atoms with Gasteiger partial charge in [0.05, 0.1) is 29.1 Å². The van der Waals surface area contributed by atoms with Crippen molar-refractivity contribution in [3.63, 3.8) is 0 Å². The van der Waals surface area contributed by atoms with Gasteiger partial charge in [0, 0.05) is 6.54 Å². The minimum atomic E-state index is -0.188. The van der Waals surface area contributed by atoms with Gasteiger partial charge in [-0.1, -0.05) is 12.1 Å². The lowest BCUT2D eigenvalue weighted by Gasteiger charge is -2.34. The molecule has 1 atom stereocenters. The molecule has 24 heavy (non-hydrogen) atoms.